The fraction of sp³-hybridized carbons (Fsp3) is 0.222. The molecule has 0 bridgehead atoms. The lowest BCUT2D eigenvalue weighted by atomic mass is 9.96. The fourth-order valence-corrected chi connectivity index (χ4v) is 2.96. The molecule has 134 valence electrons. The minimum absolute atomic E-state index is 0.124. The molecule has 0 aliphatic rings. The van der Waals surface area contributed by atoms with Gasteiger partial charge in [-0.3, -0.25) is 10.1 Å². The van der Waals surface area contributed by atoms with Gasteiger partial charge in [-0.15, -0.1) is 10.2 Å². The molecule has 0 spiro atoms. The number of hydrogen-bond donors (Lipinski definition) is 3. The number of carbonyl (C=O) groups is 1. The van der Waals surface area contributed by atoms with E-state index in [1.54, 1.807) is 17.6 Å². The van der Waals surface area contributed by atoms with Gasteiger partial charge < -0.3 is 10.4 Å². The average Bonchev–Trinajstić information content (AvgIpc) is 3.19. The molecule has 7 nitrogen and oxygen atoms in total. The van der Waals surface area contributed by atoms with E-state index in [1.165, 1.54) is 23.1 Å². The second-order valence-corrected chi connectivity index (χ2v) is 6.46. The van der Waals surface area contributed by atoms with E-state index in [9.17, 15) is 9.90 Å². The summed E-state index contributed by atoms with van der Waals surface area (Å²) in [5, 5.41) is 23.1. The minimum Gasteiger partial charge on any atom is -0.396 e. The van der Waals surface area contributed by atoms with Gasteiger partial charge in [0.25, 0.3) is 5.91 Å². The van der Waals surface area contributed by atoms with Crippen LogP contribution in [0.15, 0.2) is 54.2 Å². The molecule has 3 N–H and O–H groups in total. The second-order valence-electron chi connectivity index (χ2n) is 5.63. The van der Waals surface area contributed by atoms with Crippen LogP contribution in [0.1, 0.15) is 28.3 Å². The first kappa shape index (κ1) is 18.0. The van der Waals surface area contributed by atoms with E-state index < -0.39 is 0 Å². The zero-order chi connectivity index (χ0) is 18.2. The molecule has 3 aromatic rings. The SMILES string of the molecule is O=C(Nc1nncs1)c1ccc(NCC(CCO)c2ccccc2)nc1. The average molecular weight is 369 g/mol. The summed E-state index contributed by atoms with van der Waals surface area (Å²) in [4.78, 5) is 16.4. The topological polar surface area (TPSA) is 100 Å². The Balaban J connectivity index is 1.59. The molecule has 0 aliphatic heterocycles. The Morgan fingerprint density at radius 3 is 2.69 bits per heavy atom. The van der Waals surface area contributed by atoms with Gasteiger partial charge in [0.15, 0.2) is 0 Å². The van der Waals surface area contributed by atoms with Crippen LogP contribution < -0.4 is 10.6 Å². The third-order valence-electron chi connectivity index (χ3n) is 3.88. The lowest BCUT2D eigenvalue weighted by molar-refractivity contribution is 0.102. The normalized spacial score (nSPS) is 11.7. The summed E-state index contributed by atoms with van der Waals surface area (Å²) >= 11 is 1.26. The van der Waals surface area contributed by atoms with E-state index in [2.05, 4.69) is 37.9 Å². The van der Waals surface area contributed by atoms with Crippen LogP contribution in [0.25, 0.3) is 0 Å². The molecular weight excluding hydrogens is 350 g/mol. The first-order chi connectivity index (χ1) is 12.8. The van der Waals surface area contributed by atoms with Gasteiger partial charge in [0.05, 0.1) is 5.56 Å². The van der Waals surface area contributed by atoms with Crippen molar-refractivity contribution in [1.82, 2.24) is 15.2 Å². The molecular formula is C18H19N5O2S. The van der Waals surface area contributed by atoms with Crippen molar-refractivity contribution in [3.05, 3.63) is 65.3 Å². The quantitative estimate of drug-likeness (QED) is 0.564. The number of rotatable bonds is 8. The smallest absolute Gasteiger partial charge is 0.259 e. The van der Waals surface area contributed by atoms with E-state index in [4.69, 9.17) is 0 Å². The van der Waals surface area contributed by atoms with E-state index in [0.717, 1.165) is 0 Å². The molecule has 0 radical (unpaired) electrons. The summed E-state index contributed by atoms with van der Waals surface area (Å²) in [6.07, 6.45) is 2.18. The van der Waals surface area contributed by atoms with Crippen molar-refractivity contribution in [1.29, 1.82) is 0 Å². The molecule has 3 rings (SSSR count). The van der Waals surface area contributed by atoms with Crippen molar-refractivity contribution in [2.24, 2.45) is 0 Å². The largest absolute Gasteiger partial charge is 0.396 e. The fourth-order valence-electron chi connectivity index (χ4n) is 2.52. The number of hydrogen-bond acceptors (Lipinski definition) is 7. The van der Waals surface area contributed by atoms with Crippen LogP contribution in [0.2, 0.25) is 0 Å². The highest BCUT2D eigenvalue weighted by Gasteiger charge is 2.12. The molecule has 2 aromatic heterocycles. The Labute approximate surface area is 155 Å². The summed E-state index contributed by atoms with van der Waals surface area (Å²) in [6.45, 7) is 0.771. The minimum atomic E-state index is -0.275. The molecule has 26 heavy (non-hydrogen) atoms. The highest BCUT2D eigenvalue weighted by atomic mass is 32.1. The van der Waals surface area contributed by atoms with E-state index >= 15 is 0 Å². The Morgan fingerprint density at radius 2 is 2.04 bits per heavy atom. The highest BCUT2D eigenvalue weighted by molar-refractivity contribution is 7.13. The number of aliphatic hydroxyl groups is 1. The van der Waals surface area contributed by atoms with Crippen LogP contribution in [0.3, 0.4) is 0 Å². The number of nitrogens with one attached hydrogen (secondary N) is 2. The lowest BCUT2D eigenvalue weighted by Crippen LogP contribution is -2.16. The molecule has 2 heterocycles. The van der Waals surface area contributed by atoms with Crippen molar-refractivity contribution < 1.29 is 9.90 Å². The van der Waals surface area contributed by atoms with E-state index in [1.807, 2.05) is 18.2 Å². The zero-order valence-electron chi connectivity index (χ0n) is 14.0. The molecule has 1 unspecified atom stereocenters. The predicted octanol–water partition coefficient (Wildman–Crippen LogP) is 2.76. The monoisotopic (exact) mass is 369 g/mol. The van der Waals surface area contributed by atoms with Crippen LogP contribution in [0.4, 0.5) is 10.9 Å². The maximum absolute atomic E-state index is 12.1. The molecule has 0 saturated heterocycles. The van der Waals surface area contributed by atoms with Crippen LogP contribution in [-0.4, -0.2) is 39.3 Å². The van der Waals surface area contributed by atoms with Gasteiger partial charge in [-0.25, -0.2) is 4.98 Å². The third kappa shape index (κ3) is 4.84. The molecule has 0 saturated carbocycles. The van der Waals surface area contributed by atoms with Gasteiger partial charge in [0.1, 0.15) is 11.3 Å². The van der Waals surface area contributed by atoms with Crippen molar-refractivity contribution in [3.63, 3.8) is 0 Å². The van der Waals surface area contributed by atoms with Crippen LogP contribution in [0.5, 0.6) is 0 Å². The number of amides is 1. The van der Waals surface area contributed by atoms with Gasteiger partial charge >= 0.3 is 0 Å². The van der Waals surface area contributed by atoms with Crippen LogP contribution in [-0.2, 0) is 0 Å². The van der Waals surface area contributed by atoms with Gasteiger partial charge in [-0.05, 0) is 24.1 Å². The first-order valence-corrected chi connectivity index (χ1v) is 9.07. The summed E-state index contributed by atoms with van der Waals surface area (Å²) < 4.78 is 0. The number of nitrogens with zero attached hydrogens (tertiary/aromatic N) is 3. The van der Waals surface area contributed by atoms with Crippen molar-refractivity contribution in [2.75, 3.05) is 23.8 Å². The Hall–Kier alpha value is -2.84. The Bertz CT molecular complexity index is 809. The molecule has 1 atom stereocenters. The summed E-state index contributed by atoms with van der Waals surface area (Å²) in [6, 6.07) is 13.5. The van der Waals surface area contributed by atoms with Crippen molar-refractivity contribution >= 4 is 28.2 Å². The summed E-state index contributed by atoms with van der Waals surface area (Å²) in [5.74, 6) is 0.586. The van der Waals surface area contributed by atoms with E-state index in [-0.39, 0.29) is 18.4 Å². The second kappa shape index (κ2) is 9.02. The van der Waals surface area contributed by atoms with E-state index in [0.29, 0.717) is 29.5 Å². The van der Waals surface area contributed by atoms with Crippen LogP contribution >= 0.6 is 11.3 Å². The third-order valence-corrected chi connectivity index (χ3v) is 4.49. The number of aliphatic hydroxyl groups excluding tert-OH is 1. The summed E-state index contributed by atoms with van der Waals surface area (Å²) in [5.41, 5.74) is 3.17. The maximum atomic E-state index is 12.1. The lowest BCUT2D eigenvalue weighted by Gasteiger charge is -2.17. The Kier molecular flexibility index (Phi) is 6.24. The van der Waals surface area contributed by atoms with Gasteiger partial charge in [0, 0.05) is 25.3 Å². The highest BCUT2D eigenvalue weighted by Crippen LogP contribution is 2.20. The molecule has 0 fully saturated rings. The van der Waals surface area contributed by atoms with Gasteiger partial charge in [0.2, 0.25) is 5.13 Å². The van der Waals surface area contributed by atoms with Crippen molar-refractivity contribution in [3.8, 4) is 0 Å². The number of carbonyl (C=O) groups excluding carboxylic acids is 1. The maximum Gasteiger partial charge on any atom is 0.259 e. The zero-order valence-corrected chi connectivity index (χ0v) is 14.8. The van der Waals surface area contributed by atoms with Gasteiger partial charge in [-0.2, -0.15) is 0 Å². The first-order valence-electron chi connectivity index (χ1n) is 8.19. The number of pyridine rings is 1. The standard InChI is InChI=1S/C18H19N5O2S/c24-9-8-14(13-4-2-1-3-5-13)10-19-16-7-6-15(11-20-16)17(25)22-18-23-21-12-26-18/h1-7,11-12,14,24H,8-10H2,(H,19,20)(H,22,23,25). The Morgan fingerprint density at radius 1 is 1.19 bits per heavy atom. The molecule has 0 aliphatic carbocycles. The number of benzene rings is 1. The number of anilines is 2. The molecule has 1 aromatic carbocycles. The number of aromatic nitrogens is 3. The van der Waals surface area contributed by atoms with Gasteiger partial charge in [-0.1, -0.05) is 41.7 Å². The van der Waals surface area contributed by atoms with Crippen molar-refractivity contribution in [2.45, 2.75) is 12.3 Å². The molecule has 1 amide bonds. The predicted molar refractivity (Wildman–Crippen MR) is 101 cm³/mol. The molecule has 8 heteroatoms. The van der Waals surface area contributed by atoms with Crippen LogP contribution in [0, 0.1) is 0 Å². The summed E-state index contributed by atoms with van der Waals surface area (Å²) in [7, 11) is 0.